The monoisotopic (exact) mass is 381 g/mol. The summed E-state index contributed by atoms with van der Waals surface area (Å²) in [5.74, 6) is -0.468. The van der Waals surface area contributed by atoms with Gasteiger partial charge in [-0.2, -0.15) is 0 Å². The van der Waals surface area contributed by atoms with Gasteiger partial charge in [-0.05, 0) is 41.7 Å². The summed E-state index contributed by atoms with van der Waals surface area (Å²) in [6.45, 7) is 3.79. The minimum Gasteiger partial charge on any atom is -0.493 e. The van der Waals surface area contributed by atoms with Crippen LogP contribution in [0.3, 0.4) is 0 Å². The molecule has 1 unspecified atom stereocenters. The van der Waals surface area contributed by atoms with Crippen LogP contribution in [0.5, 0.6) is 11.5 Å². The molecule has 1 heterocycles. The van der Waals surface area contributed by atoms with E-state index in [1.807, 2.05) is 24.3 Å². The van der Waals surface area contributed by atoms with E-state index in [2.05, 4.69) is 6.58 Å². The van der Waals surface area contributed by atoms with E-state index in [0.717, 1.165) is 11.1 Å². The summed E-state index contributed by atoms with van der Waals surface area (Å²) in [6.07, 6.45) is 3.10. The maximum atomic E-state index is 12.7. The van der Waals surface area contributed by atoms with Crippen LogP contribution in [0.1, 0.15) is 22.7 Å². The molecule has 0 saturated heterocycles. The predicted octanol–water partition coefficient (Wildman–Crippen LogP) is 3.01. The Balaban J connectivity index is 1.74. The SMILES string of the molecule is C=CCc1ccc(OCC(=O)N2CCc3ccccc3C2C(=O)O)c(OC)c1. The highest BCUT2D eigenvalue weighted by Gasteiger charge is 2.35. The number of allylic oxidation sites excluding steroid dienone is 1. The quantitative estimate of drug-likeness (QED) is 0.746. The van der Waals surface area contributed by atoms with Crippen molar-refractivity contribution >= 4 is 11.9 Å². The summed E-state index contributed by atoms with van der Waals surface area (Å²) in [6, 6.07) is 11.8. The highest BCUT2D eigenvalue weighted by Crippen LogP contribution is 2.31. The van der Waals surface area contributed by atoms with Crippen LogP contribution in [0.15, 0.2) is 55.1 Å². The number of ether oxygens (including phenoxy) is 2. The van der Waals surface area contributed by atoms with E-state index in [1.54, 1.807) is 24.3 Å². The van der Waals surface area contributed by atoms with Crippen LogP contribution in [0.4, 0.5) is 0 Å². The first-order valence-electron chi connectivity index (χ1n) is 9.05. The van der Waals surface area contributed by atoms with Gasteiger partial charge in [-0.1, -0.05) is 36.4 Å². The van der Waals surface area contributed by atoms with E-state index in [1.165, 1.54) is 12.0 Å². The molecule has 0 aliphatic carbocycles. The Bertz CT molecular complexity index is 892. The average molecular weight is 381 g/mol. The van der Waals surface area contributed by atoms with Gasteiger partial charge in [0.1, 0.15) is 0 Å². The third kappa shape index (κ3) is 4.01. The molecule has 0 fully saturated rings. The number of fused-ring (bicyclic) bond motifs is 1. The van der Waals surface area contributed by atoms with Crippen LogP contribution in [0, 0.1) is 0 Å². The van der Waals surface area contributed by atoms with Crippen molar-refractivity contribution in [3.8, 4) is 11.5 Å². The Morgan fingerprint density at radius 2 is 2.04 bits per heavy atom. The number of hydrogen-bond donors (Lipinski definition) is 1. The van der Waals surface area contributed by atoms with Crippen molar-refractivity contribution in [1.82, 2.24) is 4.90 Å². The fourth-order valence-corrected chi connectivity index (χ4v) is 3.45. The zero-order valence-corrected chi connectivity index (χ0v) is 15.8. The minimum absolute atomic E-state index is 0.261. The Hall–Kier alpha value is -3.28. The maximum absolute atomic E-state index is 12.7. The average Bonchev–Trinajstić information content (AvgIpc) is 2.71. The van der Waals surface area contributed by atoms with E-state index < -0.39 is 12.0 Å². The summed E-state index contributed by atoms with van der Waals surface area (Å²) in [5.41, 5.74) is 2.63. The van der Waals surface area contributed by atoms with Crippen LogP contribution >= 0.6 is 0 Å². The first-order chi connectivity index (χ1) is 13.5. The number of benzene rings is 2. The molecule has 1 aliphatic heterocycles. The van der Waals surface area contributed by atoms with E-state index in [4.69, 9.17) is 9.47 Å². The standard InChI is InChI=1S/C22H23NO5/c1-3-6-15-9-10-18(19(13-15)27-2)28-14-20(24)23-12-11-16-7-4-5-8-17(16)21(23)22(25)26/h3-5,7-10,13,21H,1,6,11-12,14H2,2H3,(H,25,26). The number of nitrogens with zero attached hydrogens (tertiary/aromatic N) is 1. The number of methoxy groups -OCH3 is 1. The molecule has 0 saturated carbocycles. The number of hydrogen-bond acceptors (Lipinski definition) is 4. The van der Waals surface area contributed by atoms with Crippen LogP contribution in [-0.4, -0.2) is 42.1 Å². The number of aliphatic carboxylic acids is 1. The van der Waals surface area contributed by atoms with Crippen molar-refractivity contribution in [1.29, 1.82) is 0 Å². The number of carboxylic acids is 1. The van der Waals surface area contributed by atoms with Gasteiger partial charge in [0.15, 0.2) is 24.1 Å². The minimum atomic E-state index is -1.05. The van der Waals surface area contributed by atoms with Crippen molar-refractivity contribution in [2.24, 2.45) is 0 Å². The van der Waals surface area contributed by atoms with Gasteiger partial charge in [-0.25, -0.2) is 4.79 Å². The zero-order valence-electron chi connectivity index (χ0n) is 15.8. The van der Waals surface area contributed by atoms with Crippen molar-refractivity contribution in [3.05, 3.63) is 71.8 Å². The summed E-state index contributed by atoms with van der Waals surface area (Å²) < 4.78 is 11.0. The molecule has 1 aliphatic rings. The van der Waals surface area contributed by atoms with Crippen molar-refractivity contribution < 1.29 is 24.2 Å². The van der Waals surface area contributed by atoms with Gasteiger partial charge in [-0.3, -0.25) is 4.79 Å². The molecule has 146 valence electrons. The third-order valence-corrected chi connectivity index (χ3v) is 4.80. The van der Waals surface area contributed by atoms with E-state index in [-0.39, 0.29) is 12.5 Å². The molecule has 0 spiro atoms. The lowest BCUT2D eigenvalue weighted by molar-refractivity contribution is -0.152. The van der Waals surface area contributed by atoms with Gasteiger partial charge in [0.05, 0.1) is 7.11 Å². The molecule has 3 rings (SSSR count). The lowest BCUT2D eigenvalue weighted by Gasteiger charge is -2.34. The first-order valence-corrected chi connectivity index (χ1v) is 9.05. The Morgan fingerprint density at radius 3 is 2.75 bits per heavy atom. The third-order valence-electron chi connectivity index (χ3n) is 4.80. The lowest BCUT2D eigenvalue weighted by atomic mass is 9.92. The van der Waals surface area contributed by atoms with E-state index in [9.17, 15) is 14.7 Å². The molecule has 2 aromatic carbocycles. The molecule has 1 atom stereocenters. The summed E-state index contributed by atoms with van der Waals surface area (Å²) >= 11 is 0. The molecule has 0 bridgehead atoms. The maximum Gasteiger partial charge on any atom is 0.331 e. The highest BCUT2D eigenvalue weighted by molar-refractivity contribution is 5.86. The van der Waals surface area contributed by atoms with Crippen LogP contribution in [0.2, 0.25) is 0 Å². The zero-order chi connectivity index (χ0) is 20.1. The second kappa shape index (κ2) is 8.61. The Kier molecular flexibility index (Phi) is 5.99. The summed E-state index contributed by atoms with van der Waals surface area (Å²) in [5, 5.41) is 9.69. The molecule has 1 amide bonds. The molecule has 6 nitrogen and oxygen atoms in total. The van der Waals surface area contributed by atoms with Crippen molar-refractivity contribution in [2.45, 2.75) is 18.9 Å². The van der Waals surface area contributed by atoms with E-state index >= 15 is 0 Å². The van der Waals surface area contributed by atoms with Gasteiger partial charge < -0.3 is 19.5 Å². The molecular formula is C22H23NO5. The number of amides is 1. The van der Waals surface area contributed by atoms with Crippen LogP contribution in [-0.2, 0) is 22.4 Å². The number of carbonyl (C=O) groups is 2. The largest absolute Gasteiger partial charge is 0.493 e. The van der Waals surface area contributed by atoms with Gasteiger partial charge in [-0.15, -0.1) is 6.58 Å². The molecule has 2 aromatic rings. The predicted molar refractivity (Wildman–Crippen MR) is 105 cm³/mol. The molecule has 0 radical (unpaired) electrons. The molecule has 1 N–H and O–H groups in total. The van der Waals surface area contributed by atoms with Gasteiger partial charge in [0, 0.05) is 6.54 Å². The topological polar surface area (TPSA) is 76.1 Å². The number of rotatable bonds is 7. The van der Waals surface area contributed by atoms with Crippen molar-refractivity contribution in [3.63, 3.8) is 0 Å². The second-order valence-electron chi connectivity index (χ2n) is 6.54. The van der Waals surface area contributed by atoms with E-state index in [0.29, 0.717) is 36.4 Å². The van der Waals surface area contributed by atoms with Crippen LogP contribution in [0.25, 0.3) is 0 Å². The van der Waals surface area contributed by atoms with Crippen LogP contribution < -0.4 is 9.47 Å². The number of carbonyl (C=O) groups excluding carboxylic acids is 1. The van der Waals surface area contributed by atoms with Crippen molar-refractivity contribution in [2.75, 3.05) is 20.3 Å². The lowest BCUT2D eigenvalue weighted by Crippen LogP contribution is -2.45. The molecular weight excluding hydrogens is 358 g/mol. The Morgan fingerprint density at radius 1 is 1.25 bits per heavy atom. The second-order valence-corrected chi connectivity index (χ2v) is 6.54. The summed E-state index contributed by atoms with van der Waals surface area (Å²) in [7, 11) is 1.53. The fourth-order valence-electron chi connectivity index (χ4n) is 3.45. The normalized spacial score (nSPS) is 15.5. The molecule has 0 aromatic heterocycles. The van der Waals surface area contributed by atoms with Gasteiger partial charge in [0.2, 0.25) is 0 Å². The highest BCUT2D eigenvalue weighted by atomic mass is 16.5. The smallest absolute Gasteiger partial charge is 0.331 e. The summed E-state index contributed by atoms with van der Waals surface area (Å²) in [4.78, 5) is 26.0. The fraction of sp³-hybridized carbons (Fsp3) is 0.273. The van der Waals surface area contributed by atoms with Gasteiger partial charge in [0.25, 0.3) is 5.91 Å². The Labute approximate surface area is 164 Å². The van der Waals surface area contributed by atoms with Gasteiger partial charge >= 0.3 is 5.97 Å². The number of carboxylic acid groups (broad SMARTS) is 1. The molecule has 6 heteroatoms. The molecule has 28 heavy (non-hydrogen) atoms. The first kappa shape index (κ1) is 19.5.